The molecule has 1 unspecified atom stereocenters. The molecule has 0 aliphatic heterocycles. The molecule has 1 rings (SSSR count). The van der Waals surface area contributed by atoms with Crippen LogP contribution in [0, 0.1) is 0 Å². The van der Waals surface area contributed by atoms with Crippen LogP contribution in [0.3, 0.4) is 0 Å². The Morgan fingerprint density at radius 1 is 1.13 bits per heavy atom. The first-order chi connectivity index (χ1) is 10.5. The summed E-state index contributed by atoms with van der Waals surface area (Å²) in [5.41, 5.74) is -0.506. The highest BCUT2D eigenvalue weighted by Gasteiger charge is 2.33. The molecule has 0 spiro atoms. The van der Waals surface area contributed by atoms with Crippen molar-refractivity contribution in [1.29, 1.82) is 0 Å². The van der Waals surface area contributed by atoms with E-state index in [4.69, 9.17) is 4.74 Å². The Bertz CT molecular complexity index is 588. The Morgan fingerprint density at radius 3 is 2.09 bits per heavy atom. The summed E-state index contributed by atoms with van der Waals surface area (Å²) in [4.78, 5) is 35.5. The van der Waals surface area contributed by atoms with E-state index >= 15 is 0 Å². The number of alkyl carbamates (subject to hydrolysis) is 1. The summed E-state index contributed by atoms with van der Waals surface area (Å²) in [5, 5.41) is 20.9. The molecule has 0 saturated carbocycles. The fraction of sp³-hybridized carbons (Fsp3) is 0.438. The summed E-state index contributed by atoms with van der Waals surface area (Å²) in [5.74, 6) is -3.50. The first-order valence-electron chi connectivity index (χ1n) is 7.06. The van der Waals surface area contributed by atoms with Gasteiger partial charge in [-0.1, -0.05) is 12.1 Å². The zero-order valence-electron chi connectivity index (χ0n) is 13.5. The van der Waals surface area contributed by atoms with Gasteiger partial charge in [-0.25, -0.2) is 4.79 Å². The number of ketones is 1. The number of aromatic hydroxyl groups is 1. The molecule has 1 amide bonds. The molecule has 7 nitrogen and oxygen atoms in total. The third-order valence-corrected chi connectivity index (χ3v) is 2.92. The number of carbonyl (C=O) groups excluding carboxylic acids is 2. The number of hydrogen-bond donors (Lipinski definition) is 3. The zero-order valence-corrected chi connectivity index (χ0v) is 13.5. The van der Waals surface area contributed by atoms with Gasteiger partial charge >= 0.3 is 12.1 Å². The molecule has 1 aromatic carbocycles. The van der Waals surface area contributed by atoms with Gasteiger partial charge in [-0.15, -0.1) is 0 Å². The van der Waals surface area contributed by atoms with E-state index in [1.807, 2.05) is 0 Å². The van der Waals surface area contributed by atoms with Crippen molar-refractivity contribution in [3.05, 3.63) is 29.8 Å². The fourth-order valence-electron chi connectivity index (χ4n) is 1.90. The lowest BCUT2D eigenvalue weighted by molar-refractivity contribution is -0.143. The van der Waals surface area contributed by atoms with Crippen molar-refractivity contribution < 1.29 is 29.3 Å². The lowest BCUT2D eigenvalue weighted by Crippen LogP contribution is -2.44. The van der Waals surface area contributed by atoms with Crippen molar-refractivity contribution >= 4 is 17.8 Å². The van der Waals surface area contributed by atoms with Crippen molar-refractivity contribution in [2.24, 2.45) is 0 Å². The zero-order chi connectivity index (χ0) is 17.8. The molecule has 0 aliphatic carbocycles. The second-order valence-electron chi connectivity index (χ2n) is 6.13. The summed E-state index contributed by atoms with van der Waals surface area (Å²) in [6, 6.07) is 4.26. The Morgan fingerprint density at radius 2 is 1.65 bits per heavy atom. The molecular formula is C16H21NO6. The van der Waals surface area contributed by atoms with Crippen LogP contribution in [0.5, 0.6) is 5.75 Å². The molecular weight excluding hydrogens is 302 g/mol. The number of benzene rings is 1. The number of phenols is 1. The van der Waals surface area contributed by atoms with Crippen LogP contribution < -0.4 is 5.32 Å². The molecule has 0 bridgehead atoms. The van der Waals surface area contributed by atoms with Crippen LogP contribution in [0.25, 0.3) is 0 Å². The second kappa shape index (κ2) is 7.13. The van der Waals surface area contributed by atoms with E-state index in [0.29, 0.717) is 0 Å². The van der Waals surface area contributed by atoms with Crippen molar-refractivity contribution in [1.82, 2.24) is 5.32 Å². The van der Waals surface area contributed by atoms with Crippen molar-refractivity contribution in [3.63, 3.8) is 0 Å². The normalized spacial score (nSPS) is 13.7. The van der Waals surface area contributed by atoms with Crippen LogP contribution in [0.4, 0.5) is 4.79 Å². The molecule has 0 aromatic heterocycles. The minimum atomic E-state index is -1.44. The molecule has 0 heterocycles. The van der Waals surface area contributed by atoms with Gasteiger partial charge in [0, 0.05) is 0 Å². The topological polar surface area (TPSA) is 113 Å². The maximum absolute atomic E-state index is 12.4. The number of ether oxygens (including phenoxy) is 1. The van der Waals surface area contributed by atoms with Crippen LogP contribution >= 0.6 is 0 Å². The molecule has 0 radical (unpaired) electrons. The van der Waals surface area contributed by atoms with E-state index < -0.39 is 35.4 Å². The second-order valence-corrected chi connectivity index (χ2v) is 6.13. The number of carboxylic acids is 1. The standard InChI is InChI=1S/C16H21NO6/c1-9(17-15(22)23-16(2,3)4)13(19)12(14(20)21)10-5-7-11(18)8-6-10/h5-9,12,18H,1-4H3,(H,17,22)(H,20,21)/t9-,12?/m1/s1. The van der Waals surface area contributed by atoms with Gasteiger partial charge in [-0.3, -0.25) is 9.59 Å². The summed E-state index contributed by atoms with van der Waals surface area (Å²) in [6.07, 6.45) is -0.798. The summed E-state index contributed by atoms with van der Waals surface area (Å²) in [6.45, 7) is 6.42. The van der Waals surface area contributed by atoms with Gasteiger partial charge in [-0.2, -0.15) is 0 Å². The van der Waals surface area contributed by atoms with E-state index in [2.05, 4.69) is 5.32 Å². The number of aliphatic carboxylic acids is 1. The van der Waals surface area contributed by atoms with Crippen LogP contribution in [0.1, 0.15) is 39.2 Å². The maximum atomic E-state index is 12.4. The number of amides is 1. The smallest absolute Gasteiger partial charge is 0.408 e. The van der Waals surface area contributed by atoms with Gasteiger partial charge in [-0.05, 0) is 45.4 Å². The molecule has 0 saturated heterocycles. The Balaban J connectivity index is 2.87. The number of hydrogen-bond acceptors (Lipinski definition) is 5. The number of carbonyl (C=O) groups is 3. The molecule has 2 atom stereocenters. The number of nitrogens with one attached hydrogen (secondary N) is 1. The molecule has 0 aliphatic rings. The van der Waals surface area contributed by atoms with Crippen molar-refractivity contribution in [3.8, 4) is 5.75 Å². The summed E-state index contributed by atoms with van der Waals surface area (Å²) in [7, 11) is 0. The number of Topliss-reactive ketones (excluding diaryl/α,β-unsaturated/α-hetero) is 1. The molecule has 23 heavy (non-hydrogen) atoms. The van der Waals surface area contributed by atoms with E-state index in [9.17, 15) is 24.6 Å². The van der Waals surface area contributed by atoms with E-state index in [-0.39, 0.29) is 11.3 Å². The van der Waals surface area contributed by atoms with Gasteiger partial charge in [0.1, 0.15) is 17.3 Å². The predicted molar refractivity (Wildman–Crippen MR) is 82.3 cm³/mol. The molecule has 7 heteroatoms. The monoisotopic (exact) mass is 323 g/mol. The average molecular weight is 323 g/mol. The molecule has 0 fully saturated rings. The number of phenolic OH excluding ortho intramolecular Hbond substituents is 1. The van der Waals surface area contributed by atoms with Gasteiger partial charge in [0.15, 0.2) is 5.78 Å². The van der Waals surface area contributed by atoms with Gasteiger partial charge in [0.05, 0.1) is 6.04 Å². The number of carboxylic acid groups (broad SMARTS) is 1. The fourth-order valence-corrected chi connectivity index (χ4v) is 1.90. The first kappa shape index (κ1) is 18.5. The lowest BCUT2D eigenvalue weighted by Gasteiger charge is -2.22. The van der Waals surface area contributed by atoms with Crippen LogP contribution in [0.2, 0.25) is 0 Å². The van der Waals surface area contributed by atoms with Gasteiger partial charge < -0.3 is 20.3 Å². The maximum Gasteiger partial charge on any atom is 0.408 e. The van der Waals surface area contributed by atoms with Crippen LogP contribution in [0.15, 0.2) is 24.3 Å². The van der Waals surface area contributed by atoms with Gasteiger partial charge in [0.2, 0.25) is 0 Å². The van der Waals surface area contributed by atoms with Crippen LogP contribution in [-0.4, -0.2) is 39.7 Å². The minimum Gasteiger partial charge on any atom is -0.508 e. The highest BCUT2D eigenvalue weighted by molar-refractivity contribution is 6.06. The minimum absolute atomic E-state index is 0.0368. The third-order valence-electron chi connectivity index (χ3n) is 2.92. The van der Waals surface area contributed by atoms with Gasteiger partial charge in [0.25, 0.3) is 0 Å². The van der Waals surface area contributed by atoms with Crippen molar-refractivity contribution in [2.75, 3.05) is 0 Å². The molecule has 3 N–H and O–H groups in total. The van der Waals surface area contributed by atoms with E-state index in [1.165, 1.54) is 31.2 Å². The molecule has 1 aromatic rings. The Kier molecular flexibility index (Phi) is 5.73. The summed E-state index contributed by atoms with van der Waals surface area (Å²) >= 11 is 0. The number of rotatable bonds is 5. The third kappa shape index (κ3) is 5.61. The average Bonchev–Trinajstić information content (AvgIpc) is 2.38. The van der Waals surface area contributed by atoms with E-state index in [1.54, 1.807) is 20.8 Å². The lowest BCUT2D eigenvalue weighted by atomic mass is 9.91. The van der Waals surface area contributed by atoms with Crippen molar-refractivity contribution in [2.45, 2.75) is 45.3 Å². The Labute approximate surface area is 134 Å². The van der Waals surface area contributed by atoms with E-state index in [0.717, 1.165) is 0 Å². The largest absolute Gasteiger partial charge is 0.508 e. The quantitative estimate of drug-likeness (QED) is 0.715. The Hall–Kier alpha value is -2.57. The first-order valence-corrected chi connectivity index (χ1v) is 7.06. The summed E-state index contributed by atoms with van der Waals surface area (Å²) < 4.78 is 5.04. The SMILES string of the molecule is C[C@@H](NC(=O)OC(C)(C)C)C(=O)C(C(=O)O)c1ccc(O)cc1. The van der Waals surface area contributed by atoms with Crippen LogP contribution in [-0.2, 0) is 14.3 Å². The highest BCUT2D eigenvalue weighted by atomic mass is 16.6. The predicted octanol–water partition coefficient (Wildman–Crippen LogP) is 2.04. The molecule has 126 valence electrons. The highest BCUT2D eigenvalue weighted by Crippen LogP contribution is 2.21.